The molecule has 0 bridgehead atoms. The average molecular weight is 443 g/mol. The van der Waals surface area contributed by atoms with Gasteiger partial charge in [0.15, 0.2) is 0 Å². The summed E-state index contributed by atoms with van der Waals surface area (Å²) in [5.74, 6) is 0.156. The van der Waals surface area contributed by atoms with Crippen LogP contribution in [-0.4, -0.2) is 33.4 Å². The zero-order valence-corrected chi connectivity index (χ0v) is 18.0. The van der Waals surface area contributed by atoms with Crippen molar-refractivity contribution in [2.24, 2.45) is 0 Å². The number of rotatable bonds is 4. The van der Waals surface area contributed by atoms with Gasteiger partial charge in [0.05, 0.1) is 11.0 Å². The maximum atomic E-state index is 14.1. The van der Waals surface area contributed by atoms with Gasteiger partial charge in [-0.2, -0.15) is 0 Å². The van der Waals surface area contributed by atoms with Gasteiger partial charge in [-0.05, 0) is 54.8 Å². The number of hydrogen-bond donors (Lipinski definition) is 0. The Morgan fingerprint density at radius 3 is 2.33 bits per heavy atom. The highest BCUT2D eigenvalue weighted by molar-refractivity contribution is 5.91. The second kappa shape index (κ2) is 8.98. The van der Waals surface area contributed by atoms with Crippen LogP contribution in [-0.2, 0) is 4.79 Å². The Bertz CT molecular complexity index is 1300. The van der Waals surface area contributed by atoms with E-state index in [2.05, 4.69) is 4.57 Å². The third kappa shape index (κ3) is 4.42. The molecule has 166 valence electrons. The van der Waals surface area contributed by atoms with Crippen molar-refractivity contribution in [2.75, 3.05) is 13.1 Å². The van der Waals surface area contributed by atoms with Gasteiger partial charge < -0.3 is 9.47 Å². The number of halogens is 2. The van der Waals surface area contributed by atoms with E-state index in [1.54, 1.807) is 24.3 Å². The van der Waals surface area contributed by atoms with Crippen LogP contribution in [0.25, 0.3) is 28.5 Å². The molecular weight excluding hydrogens is 420 g/mol. The fourth-order valence-electron chi connectivity index (χ4n) is 4.42. The molecule has 2 heterocycles. The lowest BCUT2D eigenvalue weighted by atomic mass is 10.0. The van der Waals surface area contributed by atoms with Crippen LogP contribution in [0.2, 0.25) is 0 Å². The summed E-state index contributed by atoms with van der Waals surface area (Å²) in [6, 6.07) is 20.7. The van der Waals surface area contributed by atoms with E-state index in [-0.39, 0.29) is 23.6 Å². The van der Waals surface area contributed by atoms with E-state index >= 15 is 0 Å². The minimum absolute atomic E-state index is 0.0670. The smallest absolute Gasteiger partial charge is 0.246 e. The molecule has 0 atom stereocenters. The molecule has 6 heteroatoms. The van der Waals surface area contributed by atoms with Gasteiger partial charge in [0, 0.05) is 30.8 Å². The standard InChI is InChI=1S/C27H23F2N3O/c28-21-9-6-19(7-10-21)8-13-26(33)31-16-14-23(15-17-31)32-25-18-22(29)11-12-24(25)30-27(32)20-4-2-1-3-5-20/h1-13,18,23H,14-17H2/b13-8+. The lowest BCUT2D eigenvalue weighted by Crippen LogP contribution is -2.38. The number of piperidine rings is 1. The number of aromatic nitrogens is 2. The molecule has 0 N–H and O–H groups in total. The largest absolute Gasteiger partial charge is 0.339 e. The maximum Gasteiger partial charge on any atom is 0.246 e. The van der Waals surface area contributed by atoms with Crippen LogP contribution in [0.4, 0.5) is 8.78 Å². The Kier molecular flexibility index (Phi) is 5.73. The molecule has 3 aromatic carbocycles. The van der Waals surface area contributed by atoms with E-state index in [0.717, 1.165) is 40.8 Å². The number of imidazole rings is 1. The second-order valence-corrected chi connectivity index (χ2v) is 8.25. The van der Waals surface area contributed by atoms with Crippen molar-refractivity contribution in [1.29, 1.82) is 0 Å². The molecule has 0 aliphatic carbocycles. The van der Waals surface area contributed by atoms with Crippen LogP contribution >= 0.6 is 0 Å². The van der Waals surface area contributed by atoms with Crippen LogP contribution in [0.15, 0.2) is 78.9 Å². The van der Waals surface area contributed by atoms with Crippen molar-refractivity contribution in [3.63, 3.8) is 0 Å². The molecule has 1 amide bonds. The van der Waals surface area contributed by atoms with Gasteiger partial charge in [0.25, 0.3) is 0 Å². The number of benzene rings is 3. The molecule has 0 spiro atoms. The van der Waals surface area contributed by atoms with Crippen molar-refractivity contribution in [1.82, 2.24) is 14.5 Å². The third-order valence-electron chi connectivity index (χ3n) is 6.11. The van der Waals surface area contributed by atoms with E-state index in [1.807, 2.05) is 35.2 Å². The van der Waals surface area contributed by atoms with Gasteiger partial charge in [-0.25, -0.2) is 13.8 Å². The number of hydrogen-bond acceptors (Lipinski definition) is 2. The van der Waals surface area contributed by atoms with Crippen LogP contribution < -0.4 is 0 Å². The topological polar surface area (TPSA) is 38.1 Å². The predicted molar refractivity (Wildman–Crippen MR) is 125 cm³/mol. The summed E-state index contributed by atoms with van der Waals surface area (Å²) < 4.78 is 29.3. The number of carbonyl (C=O) groups excluding carboxylic acids is 1. The summed E-state index contributed by atoms with van der Waals surface area (Å²) in [4.78, 5) is 19.3. The first kappa shape index (κ1) is 21.1. The van der Waals surface area contributed by atoms with Crippen molar-refractivity contribution in [2.45, 2.75) is 18.9 Å². The molecule has 1 saturated heterocycles. The summed E-state index contributed by atoms with van der Waals surface area (Å²) in [5, 5.41) is 0. The fourth-order valence-corrected chi connectivity index (χ4v) is 4.42. The Morgan fingerprint density at radius 2 is 1.61 bits per heavy atom. The van der Waals surface area contributed by atoms with Crippen LogP contribution in [0.3, 0.4) is 0 Å². The summed E-state index contributed by atoms with van der Waals surface area (Å²) in [6.45, 7) is 1.20. The van der Waals surface area contributed by atoms with Gasteiger partial charge >= 0.3 is 0 Å². The van der Waals surface area contributed by atoms with Crippen molar-refractivity contribution < 1.29 is 13.6 Å². The normalized spacial score (nSPS) is 14.9. The lowest BCUT2D eigenvalue weighted by Gasteiger charge is -2.33. The van der Waals surface area contributed by atoms with Crippen LogP contribution in [0, 0.1) is 11.6 Å². The average Bonchev–Trinajstić information content (AvgIpc) is 3.23. The van der Waals surface area contributed by atoms with Crippen LogP contribution in [0.5, 0.6) is 0 Å². The van der Waals surface area contributed by atoms with E-state index < -0.39 is 0 Å². The minimum atomic E-state index is -0.303. The van der Waals surface area contributed by atoms with Gasteiger partial charge in [-0.3, -0.25) is 4.79 Å². The SMILES string of the molecule is O=C(/C=C/c1ccc(F)cc1)N1CCC(n2c(-c3ccccc3)nc3ccc(F)cc32)CC1. The first-order chi connectivity index (χ1) is 16.1. The van der Waals surface area contributed by atoms with Crippen molar-refractivity contribution in [3.05, 3.63) is 96.1 Å². The van der Waals surface area contributed by atoms with E-state index in [9.17, 15) is 13.6 Å². The van der Waals surface area contributed by atoms with Gasteiger partial charge in [-0.15, -0.1) is 0 Å². The molecule has 1 aliphatic heterocycles. The number of amides is 1. The summed E-state index contributed by atoms with van der Waals surface area (Å²) in [7, 11) is 0. The number of fused-ring (bicyclic) bond motifs is 1. The molecule has 0 saturated carbocycles. The number of likely N-dealkylation sites (tertiary alicyclic amines) is 1. The first-order valence-corrected chi connectivity index (χ1v) is 11.0. The van der Waals surface area contributed by atoms with Crippen molar-refractivity contribution >= 4 is 23.0 Å². The van der Waals surface area contributed by atoms with Gasteiger partial charge in [0.1, 0.15) is 17.5 Å². The lowest BCUT2D eigenvalue weighted by molar-refractivity contribution is -0.127. The molecular formula is C27H23F2N3O. The highest BCUT2D eigenvalue weighted by Gasteiger charge is 2.26. The van der Waals surface area contributed by atoms with E-state index in [0.29, 0.717) is 13.1 Å². The summed E-state index contributed by atoms with van der Waals surface area (Å²) >= 11 is 0. The molecule has 0 unspecified atom stereocenters. The Morgan fingerprint density at radius 1 is 0.909 bits per heavy atom. The molecule has 5 rings (SSSR count). The molecule has 1 aliphatic rings. The van der Waals surface area contributed by atoms with Gasteiger partial charge in [-0.1, -0.05) is 42.5 Å². The Labute approximate surface area is 190 Å². The molecule has 1 aromatic heterocycles. The molecule has 0 radical (unpaired) electrons. The molecule has 4 nitrogen and oxygen atoms in total. The quantitative estimate of drug-likeness (QED) is 0.371. The zero-order valence-electron chi connectivity index (χ0n) is 18.0. The number of carbonyl (C=O) groups is 1. The van der Waals surface area contributed by atoms with E-state index in [1.165, 1.54) is 30.3 Å². The molecule has 1 fully saturated rings. The predicted octanol–water partition coefficient (Wildman–Crippen LogP) is 5.86. The van der Waals surface area contributed by atoms with Crippen LogP contribution in [0.1, 0.15) is 24.4 Å². The minimum Gasteiger partial charge on any atom is -0.339 e. The monoisotopic (exact) mass is 443 g/mol. The molecule has 4 aromatic rings. The maximum absolute atomic E-state index is 14.1. The summed E-state index contributed by atoms with van der Waals surface area (Å²) in [5.41, 5.74) is 3.29. The molecule has 33 heavy (non-hydrogen) atoms. The summed E-state index contributed by atoms with van der Waals surface area (Å²) in [6.07, 6.45) is 4.73. The second-order valence-electron chi connectivity index (χ2n) is 8.25. The number of nitrogens with zero attached hydrogens (tertiary/aromatic N) is 3. The van der Waals surface area contributed by atoms with E-state index in [4.69, 9.17) is 4.98 Å². The zero-order chi connectivity index (χ0) is 22.8. The Balaban J connectivity index is 1.36. The third-order valence-corrected chi connectivity index (χ3v) is 6.11. The van der Waals surface area contributed by atoms with Crippen molar-refractivity contribution in [3.8, 4) is 11.4 Å². The van der Waals surface area contributed by atoms with Gasteiger partial charge in [0.2, 0.25) is 5.91 Å². The Hall–Kier alpha value is -3.80. The fraction of sp³-hybridized carbons (Fsp3) is 0.185. The highest BCUT2D eigenvalue weighted by Crippen LogP contribution is 2.33. The highest BCUT2D eigenvalue weighted by atomic mass is 19.1. The first-order valence-electron chi connectivity index (χ1n) is 11.0.